The van der Waals surface area contributed by atoms with Gasteiger partial charge in [0.05, 0.1) is 42.6 Å². The molecule has 4 heterocycles. The zero-order valence-electron chi connectivity index (χ0n) is 80.6. The van der Waals surface area contributed by atoms with E-state index in [1.807, 2.05) is 204 Å². The van der Waals surface area contributed by atoms with E-state index in [9.17, 15) is 40.2 Å². The number of carbonyl (C=O) groups is 4. The fourth-order valence-corrected chi connectivity index (χ4v) is 12.5. The van der Waals surface area contributed by atoms with Crippen LogP contribution in [0.15, 0.2) is 121 Å². The van der Waals surface area contributed by atoms with E-state index in [1.54, 1.807) is 25.7 Å². The molecular formula is C101H134N12O16. The standard InChI is InChI=1S/C26H35N3O4.3C25H33N3O4/c1-7-9-10-15-31-25(30)33-18-32-24(23-16-19(3)28-29(23)8-2)22(17-27)20-11-13-21(14-12-20)26(4,5)6;1-8-28-22(13-18(4)27-28)23(31-16-32-24(29)30-15-17(2)3)21(14-26)19-9-11-20(12-10-19)25(5,6)7;1-8-18(4)32-24(29)31-16-30-23(22-14-17(3)27-28(22)9-2)21(15-26)19-10-12-20(13-11-19)25(5,6)7;1-7-9-14-30-24(29)32-17-31-23(22-15-18(3)27-28(22)8-2)21(16-26)19-10-12-20(13-11-19)25(4,5)6/h11-14,16H,7-10,15,18H2,1-6H3;9-13,17H,8,15-16H2,1-7H3;10-14,18H,8-9,16H2,1-7H3;10-13,15H,7-9,14,17H2,1-6H3/b24-22-;3*23-21-. The van der Waals surface area contributed by atoms with Gasteiger partial charge in [-0.2, -0.15) is 41.4 Å². The van der Waals surface area contributed by atoms with Gasteiger partial charge < -0.3 is 56.8 Å². The lowest BCUT2D eigenvalue weighted by Gasteiger charge is -2.19. The van der Waals surface area contributed by atoms with Crippen LogP contribution in [0.25, 0.3) is 45.3 Å². The van der Waals surface area contributed by atoms with Crippen molar-refractivity contribution in [2.45, 2.75) is 272 Å². The van der Waals surface area contributed by atoms with Crippen LogP contribution in [0.3, 0.4) is 0 Å². The van der Waals surface area contributed by atoms with Crippen LogP contribution in [0.1, 0.15) is 281 Å². The average molecular weight is 1770 g/mol. The highest BCUT2D eigenvalue weighted by molar-refractivity contribution is 5.97. The number of hydrogen-bond donors (Lipinski definition) is 0. The number of aromatic nitrogens is 8. The van der Waals surface area contributed by atoms with Crippen LogP contribution in [0.2, 0.25) is 0 Å². The van der Waals surface area contributed by atoms with Crippen LogP contribution in [-0.2, 0) is 105 Å². The lowest BCUT2D eigenvalue weighted by Crippen LogP contribution is -2.17. The van der Waals surface area contributed by atoms with Crippen molar-refractivity contribution in [1.82, 2.24) is 39.1 Å². The van der Waals surface area contributed by atoms with Gasteiger partial charge in [-0.1, -0.05) is 234 Å². The summed E-state index contributed by atoms with van der Waals surface area (Å²) in [5.74, 6) is 1.41. The predicted molar refractivity (Wildman–Crippen MR) is 499 cm³/mol. The molecule has 0 aliphatic heterocycles. The number of ether oxygens (including phenoxy) is 12. The van der Waals surface area contributed by atoms with Gasteiger partial charge in [0.1, 0.15) is 75.4 Å². The number of carbonyl (C=O) groups excluding carboxylic acids is 4. The molecule has 1 unspecified atom stereocenters. The number of nitrogens with zero attached hydrogens (tertiary/aromatic N) is 12. The van der Waals surface area contributed by atoms with Gasteiger partial charge in [0.15, 0.2) is 23.0 Å². The van der Waals surface area contributed by atoms with E-state index in [4.69, 9.17) is 56.8 Å². The molecule has 0 aliphatic carbocycles. The number of rotatable bonds is 35. The van der Waals surface area contributed by atoms with E-state index in [2.05, 4.69) is 135 Å². The number of allylic oxidation sites excluding steroid dienone is 4. The third-order valence-electron chi connectivity index (χ3n) is 19.9. The first-order chi connectivity index (χ1) is 61.1. The number of hydrogen-bond acceptors (Lipinski definition) is 24. The molecule has 28 nitrogen and oxygen atoms in total. The van der Waals surface area contributed by atoms with Crippen molar-refractivity contribution in [2.75, 3.05) is 47.0 Å². The van der Waals surface area contributed by atoms with E-state index < -0.39 is 24.6 Å². The first kappa shape index (κ1) is 106. The Morgan fingerprint density at radius 1 is 0.333 bits per heavy atom. The molecule has 0 radical (unpaired) electrons. The minimum atomic E-state index is -0.814. The third kappa shape index (κ3) is 33.6. The van der Waals surface area contributed by atoms with Gasteiger partial charge >= 0.3 is 24.6 Å². The average Bonchev–Trinajstić information content (AvgIpc) is 1.77. The summed E-state index contributed by atoms with van der Waals surface area (Å²) in [7, 11) is 0. The lowest BCUT2D eigenvalue weighted by atomic mass is 9.86. The van der Waals surface area contributed by atoms with E-state index in [-0.39, 0.29) is 67.5 Å². The molecule has 0 N–H and O–H groups in total. The van der Waals surface area contributed by atoms with Gasteiger partial charge in [-0.05, 0) is 178 Å². The molecule has 1 atom stereocenters. The van der Waals surface area contributed by atoms with Crippen molar-refractivity contribution in [3.63, 3.8) is 0 Å². The van der Waals surface area contributed by atoms with Gasteiger partial charge in [0, 0.05) is 26.2 Å². The fraction of sp³-hybridized carbons (Fsp3) is 0.485. The Morgan fingerprint density at radius 2 is 0.574 bits per heavy atom. The van der Waals surface area contributed by atoms with Gasteiger partial charge in [-0.3, -0.25) is 18.7 Å². The van der Waals surface area contributed by atoms with Crippen LogP contribution < -0.4 is 0 Å². The summed E-state index contributed by atoms with van der Waals surface area (Å²) in [6.45, 7) is 54.3. The maximum atomic E-state index is 11.9. The second-order valence-electron chi connectivity index (χ2n) is 34.9. The summed E-state index contributed by atoms with van der Waals surface area (Å²) in [5.41, 5.74) is 14.5. The Balaban J connectivity index is 0.000000305. The van der Waals surface area contributed by atoms with Crippen molar-refractivity contribution in [1.29, 1.82) is 21.0 Å². The molecule has 4 aromatic heterocycles. The van der Waals surface area contributed by atoms with Crippen molar-refractivity contribution in [3.05, 3.63) is 211 Å². The highest BCUT2D eigenvalue weighted by Crippen LogP contribution is 2.36. The van der Waals surface area contributed by atoms with Crippen LogP contribution in [0.4, 0.5) is 19.2 Å². The van der Waals surface area contributed by atoms with Gasteiger partial charge in [-0.15, -0.1) is 0 Å². The number of aryl methyl sites for hydroxylation is 8. The molecular weight excluding hydrogens is 1640 g/mol. The van der Waals surface area contributed by atoms with E-state index in [0.717, 1.165) is 77.1 Å². The minimum absolute atomic E-state index is 0.00169. The molecule has 0 saturated heterocycles. The molecule has 694 valence electrons. The lowest BCUT2D eigenvalue weighted by molar-refractivity contribution is -0.0208. The largest absolute Gasteiger partial charge is 0.511 e. The molecule has 8 rings (SSSR count). The van der Waals surface area contributed by atoms with Crippen molar-refractivity contribution in [2.24, 2.45) is 5.92 Å². The Bertz CT molecular complexity index is 5260. The highest BCUT2D eigenvalue weighted by Gasteiger charge is 2.28. The topological polar surface area (TPSA) is 345 Å². The Labute approximate surface area is 763 Å². The first-order valence-electron chi connectivity index (χ1n) is 44.0. The van der Waals surface area contributed by atoms with Crippen LogP contribution in [0.5, 0.6) is 0 Å². The van der Waals surface area contributed by atoms with Crippen molar-refractivity contribution in [3.8, 4) is 24.3 Å². The van der Waals surface area contributed by atoms with Gasteiger partial charge in [0.2, 0.25) is 27.2 Å². The molecule has 0 spiro atoms. The second-order valence-corrected chi connectivity index (χ2v) is 34.9. The van der Waals surface area contributed by atoms with E-state index in [0.29, 0.717) is 136 Å². The Kier molecular flexibility index (Phi) is 42.6. The minimum Gasteiger partial charge on any atom is -0.454 e. The SMILES string of the molecule is CCC(C)OC(=O)OCO/C(=C(/C#N)c1ccc(C(C)(C)C)cc1)c1cc(C)nn1CC.CCCCCOC(=O)OCO/C(=C(/C#N)c1ccc(C(C)(C)C)cc1)c1cc(C)nn1CC.CCCCOC(=O)OCO/C(=C(/C#N)c1ccc(C(C)(C)C)cc1)c1cc(C)nn1CC.CCn1nc(C)cc1/C(OCOC(=O)OCC(C)C)=C(\C#N)c1ccc(C(C)(C)C)cc1. The first-order valence-corrected chi connectivity index (χ1v) is 44.0. The quantitative estimate of drug-likeness (QED) is 0.00889. The van der Waals surface area contributed by atoms with Crippen molar-refractivity contribution >= 4 is 70.0 Å². The van der Waals surface area contributed by atoms with Gasteiger partial charge in [-0.25, -0.2) is 19.2 Å². The zero-order chi connectivity index (χ0) is 95.9. The predicted octanol–water partition coefficient (Wildman–Crippen LogP) is 23.6. The summed E-state index contributed by atoms with van der Waals surface area (Å²) in [6.07, 6.45) is 1.69. The maximum Gasteiger partial charge on any atom is 0.511 e. The third-order valence-corrected chi connectivity index (χ3v) is 19.9. The zero-order valence-corrected chi connectivity index (χ0v) is 80.6. The second kappa shape index (κ2) is 51.7. The van der Waals surface area contributed by atoms with Gasteiger partial charge in [0.25, 0.3) is 0 Å². The number of benzene rings is 4. The highest BCUT2D eigenvalue weighted by atomic mass is 16.8. The summed E-state index contributed by atoms with van der Waals surface area (Å²) >= 11 is 0. The number of unbranched alkanes of at least 4 members (excludes halogenated alkanes) is 3. The number of nitriles is 4. The summed E-state index contributed by atoms with van der Waals surface area (Å²) in [4.78, 5) is 47.3. The monoisotopic (exact) mass is 1770 g/mol. The molecule has 0 saturated carbocycles. The summed E-state index contributed by atoms with van der Waals surface area (Å²) in [5, 5.41) is 57.9. The van der Waals surface area contributed by atoms with Crippen LogP contribution in [0, 0.1) is 78.9 Å². The fourth-order valence-electron chi connectivity index (χ4n) is 12.5. The van der Waals surface area contributed by atoms with Crippen LogP contribution >= 0.6 is 0 Å². The normalized spacial score (nSPS) is 12.3. The maximum absolute atomic E-state index is 11.9. The van der Waals surface area contributed by atoms with Crippen LogP contribution in [-0.4, -0.2) is 117 Å². The van der Waals surface area contributed by atoms with Crippen molar-refractivity contribution < 1.29 is 76.0 Å². The van der Waals surface area contributed by atoms with E-state index >= 15 is 0 Å². The molecule has 0 bridgehead atoms. The Morgan fingerprint density at radius 3 is 0.791 bits per heavy atom. The summed E-state index contributed by atoms with van der Waals surface area (Å²) in [6, 6.07) is 47.7. The smallest absolute Gasteiger partial charge is 0.454 e. The molecule has 129 heavy (non-hydrogen) atoms. The molecule has 4 aromatic carbocycles. The molecule has 0 fully saturated rings. The molecule has 8 aromatic rings. The summed E-state index contributed by atoms with van der Waals surface area (Å²) < 4.78 is 70.9. The molecule has 0 aliphatic rings. The Hall–Kier alpha value is -13.1. The molecule has 0 amide bonds. The molecule has 28 heteroatoms. The van der Waals surface area contributed by atoms with E-state index in [1.165, 1.54) is 0 Å².